The zero-order chi connectivity index (χ0) is 16.9. The van der Waals surface area contributed by atoms with Gasteiger partial charge in [-0.05, 0) is 47.8 Å². The van der Waals surface area contributed by atoms with Crippen molar-refractivity contribution in [3.63, 3.8) is 0 Å². The lowest BCUT2D eigenvalue weighted by Crippen LogP contribution is -2.54. The lowest BCUT2D eigenvalue weighted by atomic mass is 10.0. The molecule has 1 aromatic heterocycles. The van der Waals surface area contributed by atoms with E-state index in [0.29, 0.717) is 12.6 Å². The van der Waals surface area contributed by atoms with Crippen molar-refractivity contribution in [2.45, 2.75) is 25.8 Å². The van der Waals surface area contributed by atoms with Crippen molar-refractivity contribution in [3.05, 3.63) is 22.8 Å². The number of halogens is 1. The maximum Gasteiger partial charge on any atom is 0.409 e. The minimum absolute atomic E-state index is 0.165. The minimum atomic E-state index is -0.165. The van der Waals surface area contributed by atoms with E-state index in [1.807, 2.05) is 24.1 Å². The number of hydrogen-bond donors (Lipinski definition) is 0. The first-order valence-electron chi connectivity index (χ1n) is 8.69. The molecule has 0 radical (unpaired) electrons. The van der Waals surface area contributed by atoms with Crippen LogP contribution in [0.1, 0.15) is 19.8 Å². The zero-order valence-corrected chi connectivity index (χ0v) is 15.7. The quantitative estimate of drug-likeness (QED) is 0.785. The maximum absolute atomic E-state index is 11.8. The molecule has 2 aliphatic rings. The largest absolute Gasteiger partial charge is 0.450 e. The van der Waals surface area contributed by atoms with E-state index in [-0.39, 0.29) is 6.09 Å². The Morgan fingerprint density at radius 2 is 1.92 bits per heavy atom. The third-order valence-electron chi connectivity index (χ3n) is 4.86. The average molecular weight is 397 g/mol. The Morgan fingerprint density at radius 1 is 1.21 bits per heavy atom. The van der Waals surface area contributed by atoms with Gasteiger partial charge in [0.15, 0.2) is 0 Å². The summed E-state index contributed by atoms with van der Waals surface area (Å²) in [5.74, 6) is 1.05. The number of hydrogen-bond acceptors (Lipinski definition) is 5. The van der Waals surface area contributed by atoms with Crippen LogP contribution >= 0.6 is 15.9 Å². The van der Waals surface area contributed by atoms with Crippen LogP contribution in [-0.4, -0.2) is 72.8 Å². The summed E-state index contributed by atoms with van der Waals surface area (Å²) in [6.07, 6.45) is 3.76. The van der Waals surface area contributed by atoms with Crippen molar-refractivity contribution >= 4 is 27.8 Å². The van der Waals surface area contributed by atoms with E-state index in [1.165, 1.54) is 0 Å². The molecule has 6 nitrogen and oxygen atoms in total. The summed E-state index contributed by atoms with van der Waals surface area (Å²) in [5.41, 5.74) is 0. The lowest BCUT2D eigenvalue weighted by Gasteiger charge is -2.42. The highest BCUT2D eigenvalue weighted by molar-refractivity contribution is 9.10. The summed E-state index contributed by atoms with van der Waals surface area (Å²) in [6, 6.07) is 4.69. The molecule has 24 heavy (non-hydrogen) atoms. The molecule has 1 aromatic rings. The Bertz CT molecular complexity index is 538. The van der Waals surface area contributed by atoms with Crippen LogP contribution < -0.4 is 4.90 Å². The van der Waals surface area contributed by atoms with Crippen molar-refractivity contribution in [1.29, 1.82) is 0 Å². The Morgan fingerprint density at radius 3 is 2.50 bits per heavy atom. The molecule has 0 unspecified atom stereocenters. The van der Waals surface area contributed by atoms with Gasteiger partial charge in [-0.3, -0.25) is 4.90 Å². The summed E-state index contributed by atoms with van der Waals surface area (Å²) in [4.78, 5) is 23.0. The third kappa shape index (κ3) is 4.19. The van der Waals surface area contributed by atoms with E-state index in [2.05, 4.69) is 36.8 Å². The van der Waals surface area contributed by atoms with Crippen LogP contribution in [0.3, 0.4) is 0 Å². The Balaban J connectivity index is 1.46. The molecule has 1 amide bonds. The first-order valence-corrected chi connectivity index (χ1v) is 9.49. The van der Waals surface area contributed by atoms with Gasteiger partial charge in [-0.1, -0.05) is 0 Å². The summed E-state index contributed by atoms with van der Waals surface area (Å²) >= 11 is 3.43. The number of nitrogens with zero attached hydrogens (tertiary/aromatic N) is 4. The minimum Gasteiger partial charge on any atom is -0.450 e. The summed E-state index contributed by atoms with van der Waals surface area (Å²) in [5, 5.41) is 0. The van der Waals surface area contributed by atoms with Crippen LogP contribution in [0.25, 0.3) is 0 Å². The van der Waals surface area contributed by atoms with E-state index >= 15 is 0 Å². The molecular formula is C17H25BrN4O2. The molecule has 0 N–H and O–H groups in total. The number of piperazine rings is 1. The highest BCUT2D eigenvalue weighted by atomic mass is 79.9. The van der Waals surface area contributed by atoms with Crippen LogP contribution in [0.5, 0.6) is 0 Å². The summed E-state index contributed by atoms with van der Waals surface area (Å²) in [7, 11) is 0. The van der Waals surface area contributed by atoms with E-state index in [1.54, 1.807) is 0 Å². The monoisotopic (exact) mass is 396 g/mol. The topological polar surface area (TPSA) is 48.9 Å². The predicted octanol–water partition coefficient (Wildman–Crippen LogP) is 2.59. The van der Waals surface area contributed by atoms with E-state index in [0.717, 1.165) is 62.4 Å². The van der Waals surface area contributed by atoms with Gasteiger partial charge in [-0.25, -0.2) is 9.78 Å². The van der Waals surface area contributed by atoms with Crippen molar-refractivity contribution < 1.29 is 9.53 Å². The van der Waals surface area contributed by atoms with Crippen LogP contribution in [-0.2, 0) is 4.74 Å². The second-order valence-corrected chi connectivity index (χ2v) is 7.19. The van der Waals surface area contributed by atoms with Gasteiger partial charge >= 0.3 is 6.09 Å². The number of anilines is 1. The van der Waals surface area contributed by atoms with Crippen LogP contribution in [0.15, 0.2) is 22.8 Å². The predicted molar refractivity (Wildman–Crippen MR) is 97.3 cm³/mol. The van der Waals surface area contributed by atoms with E-state index < -0.39 is 0 Å². The molecule has 132 valence electrons. The molecule has 2 aliphatic heterocycles. The molecule has 3 heterocycles. The average Bonchev–Trinajstić information content (AvgIpc) is 2.63. The van der Waals surface area contributed by atoms with Gasteiger partial charge in [-0.2, -0.15) is 0 Å². The highest BCUT2D eigenvalue weighted by Gasteiger charge is 2.29. The van der Waals surface area contributed by atoms with Crippen LogP contribution in [0, 0.1) is 0 Å². The number of rotatable bonds is 3. The highest BCUT2D eigenvalue weighted by Crippen LogP contribution is 2.21. The SMILES string of the molecule is CCOC(=O)N1CCC(N2CCN(c3ccc(Br)cn3)CC2)CC1. The van der Waals surface area contributed by atoms with Gasteiger partial charge in [0.2, 0.25) is 0 Å². The lowest BCUT2D eigenvalue weighted by molar-refractivity contribution is 0.0729. The van der Waals surface area contributed by atoms with Crippen LogP contribution in [0.4, 0.5) is 10.6 Å². The van der Waals surface area contributed by atoms with Crippen molar-refractivity contribution in [3.8, 4) is 0 Å². The second kappa shape index (κ2) is 8.16. The molecule has 3 rings (SSSR count). The van der Waals surface area contributed by atoms with Gasteiger partial charge < -0.3 is 14.5 Å². The molecule has 0 atom stereocenters. The number of carbonyl (C=O) groups is 1. The molecule has 0 aliphatic carbocycles. The molecule has 2 saturated heterocycles. The Kier molecular flexibility index (Phi) is 5.94. The fourth-order valence-corrected chi connectivity index (χ4v) is 3.73. The van der Waals surface area contributed by atoms with E-state index in [9.17, 15) is 4.79 Å². The van der Waals surface area contributed by atoms with Gasteiger partial charge in [0, 0.05) is 56.0 Å². The number of piperidine rings is 1. The normalized spacial score (nSPS) is 20.2. The second-order valence-electron chi connectivity index (χ2n) is 6.27. The number of likely N-dealkylation sites (tertiary alicyclic amines) is 1. The van der Waals surface area contributed by atoms with Gasteiger partial charge in [-0.15, -0.1) is 0 Å². The number of ether oxygens (including phenoxy) is 1. The zero-order valence-electron chi connectivity index (χ0n) is 14.2. The molecule has 0 saturated carbocycles. The first-order chi connectivity index (χ1) is 11.7. The van der Waals surface area contributed by atoms with Crippen molar-refractivity contribution in [1.82, 2.24) is 14.8 Å². The van der Waals surface area contributed by atoms with Crippen molar-refractivity contribution in [2.24, 2.45) is 0 Å². The van der Waals surface area contributed by atoms with Gasteiger partial charge in [0.05, 0.1) is 6.61 Å². The summed E-state index contributed by atoms with van der Waals surface area (Å²) < 4.78 is 6.10. The smallest absolute Gasteiger partial charge is 0.409 e. The number of aromatic nitrogens is 1. The maximum atomic E-state index is 11.8. The first kappa shape index (κ1) is 17.5. The molecule has 0 bridgehead atoms. The summed E-state index contributed by atoms with van der Waals surface area (Å²) in [6.45, 7) is 8.04. The molecule has 2 fully saturated rings. The molecular weight excluding hydrogens is 372 g/mol. The Hall–Kier alpha value is -1.34. The van der Waals surface area contributed by atoms with Crippen molar-refractivity contribution in [2.75, 3.05) is 50.8 Å². The molecule has 0 aromatic carbocycles. The third-order valence-corrected chi connectivity index (χ3v) is 5.33. The standard InChI is InChI=1S/C17H25BrN4O2/c1-2-24-17(23)22-7-5-15(6-8-22)20-9-11-21(12-10-20)16-4-3-14(18)13-19-16/h3-4,13,15H,2,5-12H2,1H3. The molecule has 0 spiro atoms. The van der Waals surface area contributed by atoms with E-state index in [4.69, 9.17) is 4.74 Å². The Labute approximate surface area is 151 Å². The number of carbonyl (C=O) groups excluding carboxylic acids is 1. The van der Waals surface area contributed by atoms with Crippen LogP contribution in [0.2, 0.25) is 0 Å². The number of amides is 1. The van der Waals surface area contributed by atoms with Gasteiger partial charge in [0.25, 0.3) is 0 Å². The molecule has 7 heteroatoms. The van der Waals surface area contributed by atoms with Gasteiger partial charge in [0.1, 0.15) is 5.82 Å². The fourth-order valence-electron chi connectivity index (χ4n) is 3.50. The number of pyridine rings is 1. The fraction of sp³-hybridized carbons (Fsp3) is 0.647.